The van der Waals surface area contributed by atoms with Crippen molar-refractivity contribution in [3.63, 3.8) is 0 Å². The van der Waals surface area contributed by atoms with E-state index in [1.165, 1.54) is 5.56 Å². The molecule has 1 atom stereocenters. The molecule has 6 nitrogen and oxygen atoms in total. The van der Waals surface area contributed by atoms with E-state index in [4.69, 9.17) is 4.74 Å². The van der Waals surface area contributed by atoms with Gasteiger partial charge in [-0.2, -0.15) is 0 Å². The SMILES string of the molecule is O=C([C@H]1CC(=O)N(C2CCOCC2)C1)N1CCN(Cc2ccccc2)CC1. The van der Waals surface area contributed by atoms with E-state index < -0.39 is 0 Å². The molecule has 3 saturated heterocycles. The van der Waals surface area contributed by atoms with Gasteiger partial charge in [-0.3, -0.25) is 14.5 Å². The highest BCUT2D eigenvalue weighted by Crippen LogP contribution is 2.26. The Kier molecular flexibility index (Phi) is 5.74. The highest BCUT2D eigenvalue weighted by Gasteiger charge is 2.40. The van der Waals surface area contributed by atoms with Gasteiger partial charge in [-0.05, 0) is 18.4 Å². The molecule has 3 aliphatic rings. The molecular formula is C21H29N3O3. The Bertz CT molecular complexity index is 652. The van der Waals surface area contributed by atoms with Crippen molar-refractivity contribution in [2.24, 2.45) is 5.92 Å². The average molecular weight is 371 g/mol. The van der Waals surface area contributed by atoms with Crippen molar-refractivity contribution in [1.29, 1.82) is 0 Å². The maximum atomic E-state index is 12.9. The number of rotatable bonds is 4. The minimum atomic E-state index is -0.166. The summed E-state index contributed by atoms with van der Waals surface area (Å²) in [5.74, 6) is 0.140. The number of nitrogens with zero attached hydrogens (tertiary/aromatic N) is 3. The first kappa shape index (κ1) is 18.4. The molecule has 2 amide bonds. The molecule has 1 aromatic rings. The Morgan fingerprint density at radius 3 is 2.44 bits per heavy atom. The lowest BCUT2D eigenvalue weighted by Gasteiger charge is -2.36. The van der Waals surface area contributed by atoms with E-state index in [0.29, 0.717) is 13.0 Å². The number of amides is 2. The number of benzene rings is 1. The van der Waals surface area contributed by atoms with Crippen LogP contribution in [0.4, 0.5) is 0 Å². The van der Waals surface area contributed by atoms with E-state index in [-0.39, 0.29) is 23.8 Å². The summed E-state index contributed by atoms with van der Waals surface area (Å²) in [5.41, 5.74) is 1.31. The predicted molar refractivity (Wildman–Crippen MR) is 102 cm³/mol. The molecule has 3 heterocycles. The Labute approximate surface area is 161 Å². The van der Waals surface area contributed by atoms with Crippen LogP contribution in [0.1, 0.15) is 24.8 Å². The predicted octanol–water partition coefficient (Wildman–Crippen LogP) is 1.36. The van der Waals surface area contributed by atoms with Gasteiger partial charge < -0.3 is 14.5 Å². The van der Waals surface area contributed by atoms with Gasteiger partial charge in [0, 0.05) is 64.9 Å². The molecule has 0 bridgehead atoms. The van der Waals surface area contributed by atoms with Crippen LogP contribution >= 0.6 is 0 Å². The van der Waals surface area contributed by atoms with Crippen molar-refractivity contribution < 1.29 is 14.3 Å². The van der Waals surface area contributed by atoms with Crippen LogP contribution in [0.3, 0.4) is 0 Å². The van der Waals surface area contributed by atoms with Crippen molar-refractivity contribution in [1.82, 2.24) is 14.7 Å². The molecule has 0 radical (unpaired) electrons. The third-order valence-electron chi connectivity index (χ3n) is 6.07. The van der Waals surface area contributed by atoms with Gasteiger partial charge in [0.1, 0.15) is 0 Å². The second kappa shape index (κ2) is 8.40. The van der Waals surface area contributed by atoms with Crippen LogP contribution in [-0.2, 0) is 20.9 Å². The number of hydrogen-bond donors (Lipinski definition) is 0. The first-order chi connectivity index (χ1) is 13.2. The number of carbonyl (C=O) groups is 2. The van der Waals surface area contributed by atoms with E-state index in [1.54, 1.807) is 0 Å². The third-order valence-corrected chi connectivity index (χ3v) is 6.07. The number of carbonyl (C=O) groups excluding carboxylic acids is 2. The summed E-state index contributed by atoms with van der Waals surface area (Å²) in [5, 5.41) is 0. The average Bonchev–Trinajstić information content (AvgIpc) is 3.11. The zero-order valence-corrected chi connectivity index (χ0v) is 15.9. The van der Waals surface area contributed by atoms with Gasteiger partial charge in [0.05, 0.1) is 5.92 Å². The summed E-state index contributed by atoms with van der Waals surface area (Å²) in [6.45, 7) is 6.26. The first-order valence-corrected chi connectivity index (χ1v) is 10.1. The standard InChI is InChI=1S/C21H29N3O3/c25-20-14-18(16-24(20)19-6-12-27-13-7-19)21(26)23-10-8-22(9-11-23)15-17-4-2-1-3-5-17/h1-5,18-19H,6-16H2/t18-/m0/s1. The largest absolute Gasteiger partial charge is 0.381 e. The molecule has 6 heteroatoms. The number of piperazine rings is 1. The first-order valence-electron chi connectivity index (χ1n) is 10.1. The van der Waals surface area contributed by atoms with E-state index in [9.17, 15) is 9.59 Å². The minimum absolute atomic E-state index is 0.142. The zero-order valence-electron chi connectivity index (χ0n) is 15.9. The molecule has 27 heavy (non-hydrogen) atoms. The second-order valence-corrected chi connectivity index (χ2v) is 7.88. The lowest BCUT2D eigenvalue weighted by Crippen LogP contribution is -2.50. The van der Waals surface area contributed by atoms with Gasteiger partial charge in [0.15, 0.2) is 0 Å². The Hall–Kier alpha value is -1.92. The fourth-order valence-electron chi connectivity index (χ4n) is 4.47. The van der Waals surface area contributed by atoms with Crippen molar-refractivity contribution in [3.05, 3.63) is 35.9 Å². The van der Waals surface area contributed by atoms with Gasteiger partial charge in [0.2, 0.25) is 11.8 Å². The van der Waals surface area contributed by atoms with E-state index in [2.05, 4.69) is 29.2 Å². The molecule has 146 valence electrons. The number of likely N-dealkylation sites (tertiary alicyclic amines) is 1. The maximum Gasteiger partial charge on any atom is 0.228 e. The topological polar surface area (TPSA) is 53.1 Å². The van der Waals surface area contributed by atoms with Crippen LogP contribution in [0.25, 0.3) is 0 Å². The molecule has 0 saturated carbocycles. The summed E-state index contributed by atoms with van der Waals surface area (Å²) >= 11 is 0. The van der Waals surface area contributed by atoms with Crippen LogP contribution in [0.2, 0.25) is 0 Å². The monoisotopic (exact) mass is 371 g/mol. The summed E-state index contributed by atoms with van der Waals surface area (Å²) in [6, 6.07) is 10.7. The van der Waals surface area contributed by atoms with Gasteiger partial charge in [-0.25, -0.2) is 0 Å². The Morgan fingerprint density at radius 1 is 1.04 bits per heavy atom. The van der Waals surface area contributed by atoms with Crippen LogP contribution in [0, 0.1) is 5.92 Å². The summed E-state index contributed by atoms with van der Waals surface area (Å²) in [7, 11) is 0. The molecule has 3 aliphatic heterocycles. The Morgan fingerprint density at radius 2 is 1.74 bits per heavy atom. The van der Waals surface area contributed by atoms with E-state index >= 15 is 0 Å². The quantitative estimate of drug-likeness (QED) is 0.802. The van der Waals surface area contributed by atoms with E-state index in [0.717, 1.165) is 58.8 Å². The fourth-order valence-corrected chi connectivity index (χ4v) is 4.47. The smallest absolute Gasteiger partial charge is 0.228 e. The molecule has 0 aliphatic carbocycles. The van der Waals surface area contributed by atoms with Crippen LogP contribution in [0.5, 0.6) is 0 Å². The fraction of sp³-hybridized carbons (Fsp3) is 0.619. The summed E-state index contributed by atoms with van der Waals surface area (Å²) in [4.78, 5) is 31.7. The summed E-state index contributed by atoms with van der Waals surface area (Å²) < 4.78 is 5.40. The number of ether oxygens (including phenoxy) is 1. The minimum Gasteiger partial charge on any atom is -0.381 e. The second-order valence-electron chi connectivity index (χ2n) is 7.88. The summed E-state index contributed by atoms with van der Waals surface area (Å²) in [6.07, 6.45) is 2.16. The van der Waals surface area contributed by atoms with Gasteiger partial charge in [-0.15, -0.1) is 0 Å². The zero-order chi connectivity index (χ0) is 18.6. The van der Waals surface area contributed by atoms with Crippen molar-refractivity contribution >= 4 is 11.8 Å². The lowest BCUT2D eigenvalue weighted by molar-refractivity contribution is -0.137. The highest BCUT2D eigenvalue weighted by atomic mass is 16.5. The van der Waals surface area contributed by atoms with Crippen molar-refractivity contribution in [2.75, 3.05) is 45.9 Å². The Balaban J connectivity index is 1.27. The molecule has 1 aromatic carbocycles. The molecule has 3 fully saturated rings. The molecular weight excluding hydrogens is 342 g/mol. The normalized spacial score (nSPS) is 25.2. The van der Waals surface area contributed by atoms with Crippen molar-refractivity contribution in [2.45, 2.75) is 31.8 Å². The lowest BCUT2D eigenvalue weighted by atomic mass is 10.1. The van der Waals surface area contributed by atoms with Crippen LogP contribution in [0.15, 0.2) is 30.3 Å². The van der Waals surface area contributed by atoms with Crippen LogP contribution in [-0.4, -0.2) is 78.5 Å². The molecule has 0 N–H and O–H groups in total. The van der Waals surface area contributed by atoms with Crippen LogP contribution < -0.4 is 0 Å². The van der Waals surface area contributed by atoms with Gasteiger partial charge in [0.25, 0.3) is 0 Å². The molecule has 0 aromatic heterocycles. The van der Waals surface area contributed by atoms with Crippen molar-refractivity contribution in [3.8, 4) is 0 Å². The number of hydrogen-bond acceptors (Lipinski definition) is 4. The van der Waals surface area contributed by atoms with Gasteiger partial charge in [-0.1, -0.05) is 30.3 Å². The molecule has 0 spiro atoms. The highest BCUT2D eigenvalue weighted by molar-refractivity contribution is 5.89. The molecule has 4 rings (SSSR count). The molecule has 0 unspecified atom stereocenters. The van der Waals surface area contributed by atoms with Gasteiger partial charge >= 0.3 is 0 Å². The van der Waals surface area contributed by atoms with E-state index in [1.807, 2.05) is 15.9 Å². The third kappa shape index (κ3) is 4.33. The maximum absolute atomic E-state index is 12.9.